The summed E-state index contributed by atoms with van der Waals surface area (Å²) >= 11 is 1.98. The maximum atomic E-state index is 11.5. The summed E-state index contributed by atoms with van der Waals surface area (Å²) in [6.07, 6.45) is 1.40. The molecule has 2 N–H and O–H groups in total. The van der Waals surface area contributed by atoms with Crippen molar-refractivity contribution in [2.24, 2.45) is 0 Å². The van der Waals surface area contributed by atoms with Crippen molar-refractivity contribution in [2.45, 2.75) is 26.8 Å². The van der Waals surface area contributed by atoms with Crippen molar-refractivity contribution in [1.29, 1.82) is 0 Å². The number of aryl methyl sites for hydroxylation is 2. The van der Waals surface area contributed by atoms with Gasteiger partial charge in [0.2, 0.25) is 0 Å². The normalized spacial score (nSPS) is 12.4. The molecule has 0 saturated heterocycles. The number of aromatic nitrogens is 2. The molecule has 0 aliphatic carbocycles. The summed E-state index contributed by atoms with van der Waals surface area (Å²) < 4.78 is 6.05. The van der Waals surface area contributed by atoms with E-state index in [0.29, 0.717) is 9.39 Å². The lowest BCUT2D eigenvalue weighted by atomic mass is 10.1. The Morgan fingerprint density at radius 2 is 2.22 bits per heavy atom. The van der Waals surface area contributed by atoms with Crippen molar-refractivity contribution in [3.05, 3.63) is 43.4 Å². The van der Waals surface area contributed by atoms with Crippen LogP contribution in [0.2, 0.25) is 0 Å². The molecule has 96 valence electrons. The third-order valence-electron chi connectivity index (χ3n) is 2.70. The van der Waals surface area contributed by atoms with Crippen LogP contribution in [0.4, 0.5) is 5.82 Å². The topological polar surface area (TPSA) is 70.9 Å². The minimum Gasteiger partial charge on any atom is -0.466 e. The number of hydrogen-bond donors (Lipinski definition) is 2. The Labute approximate surface area is 118 Å². The zero-order chi connectivity index (χ0) is 13.3. The summed E-state index contributed by atoms with van der Waals surface area (Å²) in [5.74, 6) is 2.35. The van der Waals surface area contributed by atoms with Gasteiger partial charge < -0.3 is 14.7 Å². The third kappa shape index (κ3) is 2.58. The fourth-order valence-electron chi connectivity index (χ4n) is 1.85. The molecule has 0 fully saturated rings. The molecule has 18 heavy (non-hydrogen) atoms. The van der Waals surface area contributed by atoms with Crippen molar-refractivity contribution in [2.75, 3.05) is 5.32 Å². The molecule has 0 saturated carbocycles. The minimum atomic E-state index is -0.139. The summed E-state index contributed by atoms with van der Waals surface area (Å²) in [5.41, 5.74) is 0.936. The minimum absolute atomic E-state index is 0.0327. The van der Waals surface area contributed by atoms with E-state index in [1.165, 1.54) is 6.33 Å². The number of halogens is 1. The van der Waals surface area contributed by atoms with E-state index in [2.05, 4.69) is 15.3 Å². The first-order chi connectivity index (χ1) is 8.49. The molecular formula is C12H14IN3O2. The van der Waals surface area contributed by atoms with Crippen LogP contribution in [-0.4, -0.2) is 9.97 Å². The molecule has 5 nitrogen and oxygen atoms in total. The Morgan fingerprint density at radius 1 is 1.50 bits per heavy atom. The van der Waals surface area contributed by atoms with Gasteiger partial charge in [-0.25, -0.2) is 4.98 Å². The van der Waals surface area contributed by atoms with Crippen LogP contribution in [0.3, 0.4) is 0 Å². The Hall–Kier alpha value is -1.31. The monoisotopic (exact) mass is 359 g/mol. The number of nitrogens with one attached hydrogen (secondary N) is 2. The molecule has 0 spiro atoms. The molecule has 0 aliphatic heterocycles. The molecule has 0 bridgehead atoms. The highest BCUT2D eigenvalue weighted by molar-refractivity contribution is 14.1. The lowest BCUT2D eigenvalue weighted by molar-refractivity contribution is 0.499. The number of hydrogen-bond acceptors (Lipinski definition) is 4. The Balaban J connectivity index is 2.26. The standard InChI is InChI=1S/C12H14IN3O2/c1-6-4-9(8(3)18-6)7(2)16-11-10(13)12(17)15-5-14-11/h4-5,7H,1-3H3,(H2,14,15,16,17). The lowest BCUT2D eigenvalue weighted by Crippen LogP contribution is -2.16. The fourth-order valence-corrected chi connectivity index (χ4v) is 2.30. The molecule has 0 aromatic carbocycles. The predicted molar refractivity (Wildman–Crippen MR) is 77.8 cm³/mol. The second-order valence-corrected chi connectivity index (χ2v) is 5.21. The van der Waals surface area contributed by atoms with Gasteiger partial charge in [0, 0.05) is 5.56 Å². The Bertz CT molecular complexity index is 618. The van der Waals surface area contributed by atoms with Crippen molar-refractivity contribution in [1.82, 2.24) is 9.97 Å². The molecular weight excluding hydrogens is 345 g/mol. The van der Waals surface area contributed by atoms with E-state index in [1.807, 2.05) is 49.4 Å². The number of H-pyrrole nitrogens is 1. The van der Waals surface area contributed by atoms with Crippen LogP contribution in [-0.2, 0) is 0 Å². The van der Waals surface area contributed by atoms with Gasteiger partial charge in [-0.15, -0.1) is 0 Å². The quantitative estimate of drug-likeness (QED) is 0.827. The van der Waals surface area contributed by atoms with E-state index in [4.69, 9.17) is 4.42 Å². The summed E-state index contributed by atoms with van der Waals surface area (Å²) in [6.45, 7) is 5.85. The average molecular weight is 359 g/mol. The average Bonchev–Trinajstić information content (AvgIpc) is 2.64. The first kappa shape index (κ1) is 13.1. The van der Waals surface area contributed by atoms with Crippen LogP contribution < -0.4 is 10.9 Å². The van der Waals surface area contributed by atoms with Gasteiger partial charge in [0.25, 0.3) is 5.56 Å². The van der Waals surface area contributed by atoms with E-state index >= 15 is 0 Å². The molecule has 0 radical (unpaired) electrons. The summed E-state index contributed by atoms with van der Waals surface area (Å²) in [4.78, 5) is 18.1. The molecule has 0 amide bonds. The second-order valence-electron chi connectivity index (χ2n) is 4.13. The number of nitrogens with zero attached hydrogens (tertiary/aromatic N) is 1. The maximum Gasteiger partial charge on any atom is 0.266 e. The first-order valence-corrected chi connectivity index (χ1v) is 6.63. The fraction of sp³-hybridized carbons (Fsp3) is 0.333. The van der Waals surface area contributed by atoms with E-state index in [0.717, 1.165) is 17.1 Å². The zero-order valence-electron chi connectivity index (χ0n) is 10.4. The van der Waals surface area contributed by atoms with Gasteiger partial charge in [0.1, 0.15) is 20.9 Å². The van der Waals surface area contributed by atoms with Gasteiger partial charge in [-0.2, -0.15) is 0 Å². The van der Waals surface area contributed by atoms with E-state index < -0.39 is 0 Å². The molecule has 1 unspecified atom stereocenters. The van der Waals surface area contributed by atoms with Gasteiger partial charge in [-0.05, 0) is 49.4 Å². The smallest absolute Gasteiger partial charge is 0.266 e. The van der Waals surface area contributed by atoms with Gasteiger partial charge >= 0.3 is 0 Å². The Kier molecular flexibility index (Phi) is 3.74. The van der Waals surface area contributed by atoms with Crippen molar-refractivity contribution < 1.29 is 4.42 Å². The number of rotatable bonds is 3. The number of anilines is 1. The highest BCUT2D eigenvalue weighted by Gasteiger charge is 2.15. The first-order valence-electron chi connectivity index (χ1n) is 5.55. The van der Waals surface area contributed by atoms with E-state index in [-0.39, 0.29) is 11.6 Å². The van der Waals surface area contributed by atoms with Crippen molar-refractivity contribution >= 4 is 28.4 Å². The second kappa shape index (κ2) is 5.13. The van der Waals surface area contributed by atoms with Crippen molar-refractivity contribution in [3.8, 4) is 0 Å². The van der Waals surface area contributed by atoms with E-state index in [1.54, 1.807) is 0 Å². The van der Waals surface area contributed by atoms with Crippen LogP contribution in [0.25, 0.3) is 0 Å². The molecule has 1 atom stereocenters. The molecule has 6 heteroatoms. The van der Waals surface area contributed by atoms with Gasteiger partial charge in [0.05, 0.1) is 12.4 Å². The van der Waals surface area contributed by atoms with Crippen LogP contribution in [0, 0.1) is 17.4 Å². The largest absolute Gasteiger partial charge is 0.466 e. The number of furan rings is 1. The van der Waals surface area contributed by atoms with Gasteiger partial charge in [-0.3, -0.25) is 4.79 Å². The van der Waals surface area contributed by atoms with Gasteiger partial charge in [0.15, 0.2) is 0 Å². The predicted octanol–water partition coefficient (Wildman–Crippen LogP) is 2.76. The lowest BCUT2D eigenvalue weighted by Gasteiger charge is -2.14. The van der Waals surface area contributed by atoms with Crippen LogP contribution in [0.5, 0.6) is 0 Å². The highest BCUT2D eigenvalue weighted by atomic mass is 127. The van der Waals surface area contributed by atoms with Crippen LogP contribution in [0.15, 0.2) is 21.6 Å². The molecule has 0 aliphatic rings. The van der Waals surface area contributed by atoms with E-state index in [9.17, 15) is 4.79 Å². The molecule has 2 aromatic rings. The maximum absolute atomic E-state index is 11.5. The zero-order valence-corrected chi connectivity index (χ0v) is 12.5. The summed E-state index contributed by atoms with van der Waals surface area (Å²) in [5, 5.41) is 3.22. The Morgan fingerprint density at radius 3 is 2.83 bits per heavy atom. The van der Waals surface area contributed by atoms with Crippen molar-refractivity contribution in [3.63, 3.8) is 0 Å². The molecule has 2 rings (SSSR count). The van der Waals surface area contributed by atoms with Crippen LogP contribution in [0.1, 0.15) is 30.0 Å². The van der Waals surface area contributed by atoms with Crippen LogP contribution >= 0.6 is 22.6 Å². The molecule has 2 aromatic heterocycles. The summed E-state index contributed by atoms with van der Waals surface area (Å²) in [6, 6.07) is 2.03. The highest BCUT2D eigenvalue weighted by Crippen LogP contribution is 2.24. The third-order valence-corrected chi connectivity index (χ3v) is 3.70. The van der Waals surface area contributed by atoms with Gasteiger partial charge in [-0.1, -0.05) is 0 Å². The number of aromatic amines is 1. The molecule has 2 heterocycles. The SMILES string of the molecule is Cc1cc(C(C)Nc2nc[nH]c(=O)c2I)c(C)o1. The summed E-state index contributed by atoms with van der Waals surface area (Å²) in [7, 11) is 0.